The minimum Gasteiger partial charge on any atom is -0.327 e. The molecule has 0 heterocycles. The van der Waals surface area contributed by atoms with Gasteiger partial charge in [0, 0.05) is 11.5 Å². The van der Waals surface area contributed by atoms with Crippen molar-refractivity contribution in [2.24, 2.45) is 11.8 Å². The Kier molecular flexibility index (Phi) is 15.3. The molecule has 0 spiro atoms. The molecule has 1 aromatic carbocycles. The minimum absolute atomic E-state index is 0.0729. The molecule has 1 aromatic rings. The van der Waals surface area contributed by atoms with Gasteiger partial charge in [0.05, 0.1) is 19.8 Å². The van der Waals surface area contributed by atoms with Crippen LogP contribution in [0.15, 0.2) is 0 Å². The number of benzene rings is 1. The fourth-order valence-electron chi connectivity index (χ4n) is 5.82. The Morgan fingerprint density at radius 2 is 1.03 bits per heavy atom. The van der Waals surface area contributed by atoms with Gasteiger partial charge in [-0.25, -0.2) is 22.0 Å². The molecule has 0 aliphatic heterocycles. The van der Waals surface area contributed by atoms with Crippen LogP contribution >= 0.6 is 0 Å². The highest BCUT2D eigenvalue weighted by Crippen LogP contribution is 2.47. The number of hydrogen-bond donors (Lipinski definition) is 0. The van der Waals surface area contributed by atoms with E-state index in [0.29, 0.717) is 45.5 Å². The van der Waals surface area contributed by atoms with Gasteiger partial charge in [0.2, 0.25) is 5.82 Å². The third kappa shape index (κ3) is 9.12. The summed E-state index contributed by atoms with van der Waals surface area (Å²) >= 11 is 0. The first-order valence-corrected chi connectivity index (χ1v) is 15.2. The molecule has 1 saturated carbocycles. The predicted octanol–water partition coefficient (Wildman–Crippen LogP) is 9.96. The standard InChI is InChI=1S/C31H49F5O3/c1-5-9-10-11-12-13-14-24(31(37-19-6-2,38-20-7-3)39-21-8-4)22-15-17-23(18-16-22)25-26(32)28(34)30(36)29(35)27(25)33/h22-24H,5-21H2,1-4H3. The topological polar surface area (TPSA) is 27.7 Å². The van der Waals surface area contributed by atoms with E-state index in [1.807, 2.05) is 20.8 Å². The quantitative estimate of drug-likeness (QED) is 0.0550. The lowest BCUT2D eigenvalue weighted by molar-refractivity contribution is -0.412. The predicted molar refractivity (Wildman–Crippen MR) is 144 cm³/mol. The van der Waals surface area contributed by atoms with Gasteiger partial charge < -0.3 is 14.2 Å². The summed E-state index contributed by atoms with van der Waals surface area (Å²) in [6.45, 7) is 9.70. The summed E-state index contributed by atoms with van der Waals surface area (Å²) in [5, 5.41) is 0. The van der Waals surface area contributed by atoms with Gasteiger partial charge in [-0.3, -0.25) is 0 Å². The molecule has 39 heavy (non-hydrogen) atoms. The van der Waals surface area contributed by atoms with Crippen molar-refractivity contribution in [1.82, 2.24) is 0 Å². The molecule has 2 rings (SSSR count). The van der Waals surface area contributed by atoms with Crippen LogP contribution in [0.4, 0.5) is 22.0 Å². The zero-order valence-electron chi connectivity index (χ0n) is 24.4. The van der Waals surface area contributed by atoms with Gasteiger partial charge in [-0.15, -0.1) is 0 Å². The SMILES string of the molecule is CCCCCCCCC(C1CCC(c2c(F)c(F)c(F)c(F)c2F)CC1)C(OCCC)(OCCC)OCCC. The number of rotatable bonds is 19. The zero-order chi connectivity index (χ0) is 28.8. The Morgan fingerprint density at radius 3 is 1.49 bits per heavy atom. The molecule has 0 amide bonds. The Morgan fingerprint density at radius 1 is 0.590 bits per heavy atom. The van der Waals surface area contributed by atoms with E-state index in [9.17, 15) is 22.0 Å². The normalized spacial score (nSPS) is 19.0. The molecule has 3 nitrogen and oxygen atoms in total. The van der Waals surface area contributed by atoms with Gasteiger partial charge >= 0.3 is 0 Å². The van der Waals surface area contributed by atoms with Gasteiger partial charge in [0.15, 0.2) is 23.3 Å². The molecule has 8 heteroatoms. The van der Waals surface area contributed by atoms with Crippen molar-refractivity contribution in [3.8, 4) is 0 Å². The lowest BCUT2D eigenvalue weighted by Crippen LogP contribution is -2.50. The molecule has 1 aliphatic carbocycles. The molecule has 0 N–H and O–H groups in total. The summed E-state index contributed by atoms with van der Waals surface area (Å²) < 4.78 is 89.7. The summed E-state index contributed by atoms with van der Waals surface area (Å²) in [5.74, 6) is -11.3. The third-order valence-corrected chi connectivity index (χ3v) is 7.84. The number of unbranched alkanes of at least 4 members (excludes halogenated alkanes) is 5. The monoisotopic (exact) mass is 564 g/mol. The average Bonchev–Trinajstić information content (AvgIpc) is 2.95. The van der Waals surface area contributed by atoms with Crippen LogP contribution in [0.5, 0.6) is 0 Å². The van der Waals surface area contributed by atoms with Crippen LogP contribution in [0.25, 0.3) is 0 Å². The molecule has 1 unspecified atom stereocenters. The maximum atomic E-state index is 14.6. The van der Waals surface area contributed by atoms with Gasteiger partial charge in [0.1, 0.15) is 0 Å². The smallest absolute Gasteiger partial charge is 0.286 e. The number of hydrogen-bond acceptors (Lipinski definition) is 3. The third-order valence-electron chi connectivity index (χ3n) is 7.84. The molecule has 1 aliphatic rings. The molecule has 1 fully saturated rings. The van der Waals surface area contributed by atoms with Gasteiger partial charge in [0.25, 0.3) is 5.97 Å². The van der Waals surface area contributed by atoms with Crippen molar-refractivity contribution in [3.63, 3.8) is 0 Å². The van der Waals surface area contributed by atoms with Crippen molar-refractivity contribution in [2.45, 2.75) is 129 Å². The van der Waals surface area contributed by atoms with Crippen molar-refractivity contribution in [3.05, 3.63) is 34.6 Å². The summed E-state index contributed by atoms with van der Waals surface area (Å²) in [6, 6.07) is 0. The van der Waals surface area contributed by atoms with Crippen LogP contribution in [0.2, 0.25) is 0 Å². The van der Waals surface area contributed by atoms with Crippen LogP contribution in [0, 0.1) is 40.9 Å². The highest BCUT2D eigenvalue weighted by atomic mass is 19.2. The molecule has 0 radical (unpaired) electrons. The van der Waals surface area contributed by atoms with E-state index >= 15 is 0 Å². The molecule has 226 valence electrons. The first-order chi connectivity index (χ1) is 18.8. The van der Waals surface area contributed by atoms with Crippen molar-refractivity contribution in [1.29, 1.82) is 0 Å². The molecule has 0 aromatic heterocycles. The molecule has 0 saturated heterocycles. The van der Waals surface area contributed by atoms with E-state index in [1.54, 1.807) is 0 Å². The van der Waals surface area contributed by atoms with E-state index in [1.165, 1.54) is 19.3 Å². The zero-order valence-corrected chi connectivity index (χ0v) is 24.4. The van der Waals surface area contributed by atoms with Crippen LogP contribution in [0.1, 0.15) is 129 Å². The summed E-state index contributed by atoms with van der Waals surface area (Å²) in [5.41, 5.74) is -0.685. The second kappa shape index (κ2) is 17.5. The Labute approximate surface area is 232 Å². The summed E-state index contributed by atoms with van der Waals surface area (Å²) in [6.07, 6.45) is 11.8. The second-order valence-corrected chi connectivity index (χ2v) is 10.9. The number of halogens is 5. The average molecular weight is 565 g/mol. The Balaban J connectivity index is 2.30. The molecular formula is C31H49F5O3. The highest BCUT2D eigenvalue weighted by molar-refractivity contribution is 5.28. The maximum Gasteiger partial charge on any atom is 0.286 e. The van der Waals surface area contributed by atoms with Gasteiger partial charge in [-0.1, -0.05) is 66.2 Å². The van der Waals surface area contributed by atoms with Crippen LogP contribution < -0.4 is 0 Å². The fourth-order valence-corrected chi connectivity index (χ4v) is 5.82. The van der Waals surface area contributed by atoms with Gasteiger partial charge in [-0.2, -0.15) is 0 Å². The maximum absolute atomic E-state index is 14.6. The van der Waals surface area contributed by atoms with Crippen LogP contribution in [-0.4, -0.2) is 25.8 Å². The van der Waals surface area contributed by atoms with Crippen LogP contribution in [-0.2, 0) is 14.2 Å². The Bertz CT molecular complexity index is 791. The lowest BCUT2D eigenvalue weighted by atomic mass is 9.71. The minimum atomic E-state index is -2.11. The van der Waals surface area contributed by atoms with Crippen LogP contribution in [0.3, 0.4) is 0 Å². The molecule has 0 bridgehead atoms. The lowest BCUT2D eigenvalue weighted by Gasteiger charge is -2.45. The Hall–Kier alpha value is -1.25. The van der Waals surface area contributed by atoms with Crippen molar-refractivity contribution < 1.29 is 36.2 Å². The largest absolute Gasteiger partial charge is 0.327 e. The molecular weight excluding hydrogens is 515 g/mol. The van der Waals surface area contributed by atoms with Crippen molar-refractivity contribution in [2.75, 3.05) is 19.8 Å². The van der Waals surface area contributed by atoms with E-state index in [-0.39, 0.29) is 11.8 Å². The summed E-state index contributed by atoms with van der Waals surface area (Å²) in [7, 11) is 0. The fraction of sp³-hybridized carbons (Fsp3) is 0.806. The first kappa shape index (κ1) is 34.0. The van der Waals surface area contributed by atoms with E-state index in [0.717, 1.165) is 44.9 Å². The molecule has 1 atom stereocenters. The van der Waals surface area contributed by atoms with E-state index in [2.05, 4.69) is 6.92 Å². The van der Waals surface area contributed by atoms with E-state index < -0.39 is 46.5 Å². The highest BCUT2D eigenvalue weighted by Gasteiger charge is 2.47. The summed E-state index contributed by atoms with van der Waals surface area (Å²) in [4.78, 5) is 0. The second-order valence-electron chi connectivity index (χ2n) is 10.9. The number of ether oxygens (including phenoxy) is 3. The first-order valence-electron chi connectivity index (χ1n) is 15.2. The van der Waals surface area contributed by atoms with Crippen molar-refractivity contribution >= 4 is 0 Å². The van der Waals surface area contributed by atoms with Gasteiger partial charge in [-0.05, 0) is 63.2 Å². The van der Waals surface area contributed by atoms with E-state index in [4.69, 9.17) is 14.2 Å².